The minimum Gasteiger partial charge on any atom is -0.379 e. The number of hydrogen-bond acceptors (Lipinski definition) is 4. The summed E-state index contributed by atoms with van der Waals surface area (Å²) in [5.41, 5.74) is 2.66. The Morgan fingerprint density at radius 3 is 2.21 bits per heavy atom. The summed E-state index contributed by atoms with van der Waals surface area (Å²) >= 11 is 0. The van der Waals surface area contributed by atoms with Crippen LogP contribution in [0.4, 0.5) is 0 Å². The Hall–Kier alpha value is -1.92. The van der Waals surface area contributed by atoms with Crippen LogP contribution in [0.15, 0.2) is 18.2 Å². The Morgan fingerprint density at radius 1 is 1.04 bits per heavy atom. The monoisotopic (exact) mass is 389 g/mol. The second-order valence-corrected chi connectivity index (χ2v) is 7.66. The Kier molecular flexibility index (Phi) is 8.93. The van der Waals surface area contributed by atoms with Crippen molar-refractivity contribution in [1.82, 2.24) is 15.5 Å². The van der Waals surface area contributed by atoms with Crippen molar-refractivity contribution >= 4 is 11.8 Å². The predicted octanol–water partition coefficient (Wildman–Crippen LogP) is 2.29. The Morgan fingerprint density at radius 2 is 1.64 bits per heavy atom. The summed E-state index contributed by atoms with van der Waals surface area (Å²) in [5, 5.41) is 5.75. The van der Waals surface area contributed by atoms with Gasteiger partial charge in [0.05, 0.1) is 19.8 Å². The van der Waals surface area contributed by atoms with Gasteiger partial charge in [-0.15, -0.1) is 0 Å². The highest BCUT2D eigenvalue weighted by molar-refractivity contribution is 5.96. The van der Waals surface area contributed by atoms with Gasteiger partial charge in [-0.1, -0.05) is 43.9 Å². The smallest absolute Gasteiger partial charge is 0.251 e. The van der Waals surface area contributed by atoms with E-state index < -0.39 is 0 Å². The molecule has 6 heteroatoms. The summed E-state index contributed by atoms with van der Waals surface area (Å²) in [5.74, 6) is 0.164. The van der Waals surface area contributed by atoms with Crippen molar-refractivity contribution in [3.63, 3.8) is 0 Å². The molecule has 6 nitrogen and oxygen atoms in total. The maximum Gasteiger partial charge on any atom is 0.251 e. The molecule has 1 aliphatic heterocycles. The molecule has 2 rings (SSSR count). The van der Waals surface area contributed by atoms with Crippen LogP contribution < -0.4 is 10.6 Å². The van der Waals surface area contributed by atoms with Crippen molar-refractivity contribution < 1.29 is 14.3 Å². The van der Waals surface area contributed by atoms with Gasteiger partial charge in [-0.05, 0) is 31.9 Å². The zero-order valence-electron chi connectivity index (χ0n) is 17.7. The lowest BCUT2D eigenvalue weighted by Crippen LogP contribution is -2.52. The normalized spacial score (nSPS) is 16.0. The number of ether oxygens (including phenoxy) is 1. The predicted molar refractivity (Wildman–Crippen MR) is 112 cm³/mol. The molecule has 0 radical (unpaired) electrons. The van der Waals surface area contributed by atoms with Crippen LogP contribution in [0.25, 0.3) is 0 Å². The van der Waals surface area contributed by atoms with E-state index >= 15 is 0 Å². The van der Waals surface area contributed by atoms with Crippen molar-refractivity contribution in [2.75, 3.05) is 39.4 Å². The average molecular weight is 390 g/mol. The molecule has 1 atom stereocenters. The average Bonchev–Trinajstić information content (AvgIpc) is 2.69. The Balaban J connectivity index is 1.86. The zero-order valence-corrected chi connectivity index (χ0v) is 17.7. The molecule has 0 aliphatic carbocycles. The molecule has 1 aromatic rings. The highest BCUT2D eigenvalue weighted by Crippen LogP contribution is 2.19. The molecule has 1 saturated heterocycles. The number of amides is 2. The number of benzene rings is 1. The van der Waals surface area contributed by atoms with E-state index in [1.165, 1.54) is 0 Å². The standard InChI is InChI=1S/C22H35N3O3/c1-5-18(6-2)20(25-7-9-28-10-8-25)14-23-21(26)15-24-22(27)19-12-16(3)11-17(4)13-19/h11-13,18,20H,5-10,14-15H2,1-4H3,(H,23,26)(H,24,27). The maximum atomic E-state index is 12.3. The second kappa shape index (κ2) is 11.2. The van der Waals surface area contributed by atoms with Crippen LogP contribution >= 0.6 is 0 Å². The van der Waals surface area contributed by atoms with Crippen molar-refractivity contribution in [1.29, 1.82) is 0 Å². The number of carbonyl (C=O) groups is 2. The van der Waals surface area contributed by atoms with E-state index in [0.29, 0.717) is 24.1 Å². The molecule has 2 N–H and O–H groups in total. The molecule has 0 aromatic heterocycles. The molecule has 1 aliphatic rings. The van der Waals surface area contributed by atoms with Gasteiger partial charge < -0.3 is 15.4 Å². The van der Waals surface area contributed by atoms with Crippen molar-refractivity contribution in [3.8, 4) is 0 Å². The third-order valence-corrected chi connectivity index (χ3v) is 5.51. The van der Waals surface area contributed by atoms with Gasteiger partial charge >= 0.3 is 0 Å². The highest BCUT2D eigenvalue weighted by atomic mass is 16.5. The van der Waals surface area contributed by atoms with Crippen LogP contribution in [-0.4, -0.2) is 62.1 Å². The number of carbonyl (C=O) groups excluding carboxylic acids is 2. The number of morpholine rings is 1. The van der Waals surface area contributed by atoms with Crippen LogP contribution in [0.3, 0.4) is 0 Å². The largest absolute Gasteiger partial charge is 0.379 e. The van der Waals surface area contributed by atoms with E-state index in [4.69, 9.17) is 4.74 Å². The van der Waals surface area contributed by atoms with Crippen LogP contribution in [-0.2, 0) is 9.53 Å². The molecular weight excluding hydrogens is 354 g/mol. The summed E-state index contributed by atoms with van der Waals surface area (Å²) in [7, 11) is 0. The fourth-order valence-electron chi connectivity index (χ4n) is 3.99. The first-order valence-electron chi connectivity index (χ1n) is 10.4. The van der Waals surface area contributed by atoms with Crippen LogP contribution in [0.1, 0.15) is 48.2 Å². The third kappa shape index (κ3) is 6.60. The van der Waals surface area contributed by atoms with E-state index in [2.05, 4.69) is 29.4 Å². The first-order valence-corrected chi connectivity index (χ1v) is 10.4. The van der Waals surface area contributed by atoms with E-state index in [9.17, 15) is 9.59 Å². The molecule has 0 bridgehead atoms. The van der Waals surface area contributed by atoms with Crippen LogP contribution in [0, 0.1) is 19.8 Å². The van der Waals surface area contributed by atoms with E-state index in [-0.39, 0.29) is 18.4 Å². The van der Waals surface area contributed by atoms with Gasteiger partial charge in [-0.3, -0.25) is 14.5 Å². The minimum absolute atomic E-state index is 0.00935. The van der Waals surface area contributed by atoms with Crippen molar-refractivity contribution in [2.45, 2.75) is 46.6 Å². The number of nitrogens with one attached hydrogen (secondary N) is 2. The number of nitrogens with zero attached hydrogens (tertiary/aromatic N) is 1. The molecule has 2 amide bonds. The first kappa shape index (κ1) is 22.4. The van der Waals surface area contributed by atoms with Gasteiger partial charge in [-0.25, -0.2) is 0 Å². The Labute approximate surface area is 169 Å². The minimum atomic E-state index is -0.216. The molecule has 1 fully saturated rings. The molecule has 1 heterocycles. The van der Waals surface area contributed by atoms with Crippen LogP contribution in [0.2, 0.25) is 0 Å². The molecule has 156 valence electrons. The molecule has 28 heavy (non-hydrogen) atoms. The van der Waals surface area contributed by atoms with Gasteiger partial charge in [0, 0.05) is 31.2 Å². The summed E-state index contributed by atoms with van der Waals surface area (Å²) in [6.07, 6.45) is 2.16. The lowest BCUT2D eigenvalue weighted by atomic mass is 9.92. The van der Waals surface area contributed by atoms with Crippen molar-refractivity contribution in [3.05, 3.63) is 34.9 Å². The molecular formula is C22H35N3O3. The molecule has 0 saturated carbocycles. The Bertz CT molecular complexity index is 632. The SMILES string of the molecule is CCC(CC)C(CNC(=O)CNC(=O)c1cc(C)cc(C)c1)N1CCOCC1. The van der Waals surface area contributed by atoms with E-state index in [1.54, 1.807) is 0 Å². The fourth-order valence-corrected chi connectivity index (χ4v) is 3.99. The topological polar surface area (TPSA) is 70.7 Å². The molecule has 1 unspecified atom stereocenters. The zero-order chi connectivity index (χ0) is 20.5. The van der Waals surface area contributed by atoms with Gasteiger partial charge in [0.2, 0.25) is 5.91 Å². The second-order valence-electron chi connectivity index (χ2n) is 7.66. The number of aryl methyl sites for hydroxylation is 2. The van der Waals surface area contributed by atoms with Gasteiger partial charge in [0.15, 0.2) is 0 Å². The van der Waals surface area contributed by atoms with Crippen molar-refractivity contribution in [2.24, 2.45) is 5.92 Å². The van der Waals surface area contributed by atoms with Gasteiger partial charge in [0.1, 0.15) is 0 Å². The third-order valence-electron chi connectivity index (χ3n) is 5.51. The lowest BCUT2D eigenvalue weighted by molar-refractivity contribution is -0.120. The number of hydrogen-bond donors (Lipinski definition) is 2. The number of rotatable bonds is 9. The molecule has 0 spiro atoms. The molecule has 1 aromatic carbocycles. The van der Waals surface area contributed by atoms with E-state index in [0.717, 1.165) is 50.3 Å². The summed E-state index contributed by atoms with van der Waals surface area (Å²) in [6, 6.07) is 5.99. The lowest BCUT2D eigenvalue weighted by Gasteiger charge is -2.38. The van der Waals surface area contributed by atoms with Gasteiger partial charge in [0.25, 0.3) is 5.91 Å². The summed E-state index contributed by atoms with van der Waals surface area (Å²) in [4.78, 5) is 27.1. The van der Waals surface area contributed by atoms with Crippen LogP contribution in [0.5, 0.6) is 0 Å². The summed E-state index contributed by atoms with van der Waals surface area (Å²) < 4.78 is 5.47. The highest BCUT2D eigenvalue weighted by Gasteiger charge is 2.27. The maximum absolute atomic E-state index is 12.3. The quantitative estimate of drug-likeness (QED) is 0.680. The summed E-state index contributed by atoms with van der Waals surface area (Å²) in [6.45, 7) is 12.2. The fraction of sp³-hybridized carbons (Fsp3) is 0.636. The van der Waals surface area contributed by atoms with Gasteiger partial charge in [-0.2, -0.15) is 0 Å². The first-order chi connectivity index (χ1) is 13.4. The van der Waals surface area contributed by atoms with E-state index in [1.807, 2.05) is 32.0 Å².